The van der Waals surface area contributed by atoms with Gasteiger partial charge in [-0.25, -0.2) is 0 Å². The molecule has 2 atom stereocenters. The van der Waals surface area contributed by atoms with E-state index in [4.69, 9.17) is 0 Å². The number of nitrogens with one attached hydrogen (secondary N) is 1. The van der Waals surface area contributed by atoms with Gasteiger partial charge in [-0.2, -0.15) is 0 Å². The van der Waals surface area contributed by atoms with Gasteiger partial charge in [-0.15, -0.1) is 0 Å². The normalized spacial score (nSPS) is 25.3. The fraction of sp³-hybridized carbons (Fsp3) is 0.375. The number of aryl methyl sites for hydroxylation is 1. The Morgan fingerprint density at radius 1 is 1.10 bits per heavy atom. The molecule has 2 unspecified atom stereocenters. The summed E-state index contributed by atoms with van der Waals surface area (Å²) in [5.74, 6) is -1.58. The van der Waals surface area contributed by atoms with Crippen molar-refractivity contribution in [2.45, 2.75) is 40.2 Å². The fourth-order valence-corrected chi connectivity index (χ4v) is 5.79. The van der Waals surface area contributed by atoms with E-state index < -0.39 is 16.6 Å². The van der Waals surface area contributed by atoms with Crippen molar-refractivity contribution in [1.29, 1.82) is 0 Å². The van der Waals surface area contributed by atoms with Gasteiger partial charge in [0.1, 0.15) is 5.41 Å². The molecule has 2 aliphatic rings. The lowest BCUT2D eigenvalue weighted by atomic mass is 9.68. The highest BCUT2D eigenvalue weighted by Gasteiger charge is 2.72. The number of hydrogen-bond acceptors (Lipinski definition) is 3. The van der Waals surface area contributed by atoms with E-state index in [1.54, 1.807) is 0 Å². The molecule has 0 radical (unpaired) electrons. The van der Waals surface area contributed by atoms with E-state index in [2.05, 4.69) is 28.9 Å². The zero-order chi connectivity index (χ0) is 20.6. The van der Waals surface area contributed by atoms with Crippen LogP contribution >= 0.6 is 0 Å². The number of carbonyl (C=O) groups excluding carboxylic acids is 3. The molecule has 1 heterocycles. The highest BCUT2D eigenvalue weighted by atomic mass is 16.2. The van der Waals surface area contributed by atoms with Crippen LogP contribution < -0.4 is 5.32 Å². The first-order chi connectivity index (χ1) is 13.8. The van der Waals surface area contributed by atoms with Crippen LogP contribution in [0.1, 0.15) is 33.6 Å². The van der Waals surface area contributed by atoms with E-state index >= 15 is 0 Å². The first kappa shape index (κ1) is 18.1. The Morgan fingerprint density at radius 3 is 2.52 bits per heavy atom. The van der Waals surface area contributed by atoms with Gasteiger partial charge in [0, 0.05) is 40.0 Å². The molecule has 2 aromatic carbocycles. The number of carbonyl (C=O) groups is 3. The van der Waals surface area contributed by atoms with Crippen LogP contribution in [-0.4, -0.2) is 22.0 Å². The van der Waals surface area contributed by atoms with Crippen molar-refractivity contribution in [2.24, 2.45) is 16.7 Å². The van der Waals surface area contributed by atoms with Crippen LogP contribution in [0.5, 0.6) is 0 Å². The molecule has 29 heavy (non-hydrogen) atoms. The lowest BCUT2D eigenvalue weighted by Gasteiger charge is -2.33. The van der Waals surface area contributed by atoms with E-state index in [-0.39, 0.29) is 17.6 Å². The summed E-state index contributed by atoms with van der Waals surface area (Å²) in [6.07, 6.45) is 1.05. The minimum absolute atomic E-state index is 0.342. The number of benzene rings is 2. The second kappa shape index (κ2) is 5.78. The van der Waals surface area contributed by atoms with E-state index in [0.717, 1.165) is 28.4 Å². The molecule has 0 aliphatic heterocycles. The zero-order valence-corrected chi connectivity index (χ0v) is 16.9. The molecule has 148 valence electrons. The second-order valence-electron chi connectivity index (χ2n) is 8.86. The Labute approximate surface area is 169 Å². The Balaban J connectivity index is 1.58. The van der Waals surface area contributed by atoms with Gasteiger partial charge in [-0.05, 0) is 49.4 Å². The Morgan fingerprint density at radius 2 is 1.83 bits per heavy atom. The van der Waals surface area contributed by atoms with Crippen molar-refractivity contribution >= 4 is 45.0 Å². The summed E-state index contributed by atoms with van der Waals surface area (Å²) < 4.78 is 2.25. The number of para-hydroxylation sites is 1. The predicted octanol–water partition coefficient (Wildman–Crippen LogP) is 4.33. The third-order valence-electron chi connectivity index (χ3n) is 7.44. The van der Waals surface area contributed by atoms with E-state index in [1.165, 1.54) is 0 Å². The molecule has 0 spiro atoms. The summed E-state index contributed by atoms with van der Waals surface area (Å²) >= 11 is 0. The van der Waals surface area contributed by atoms with Crippen molar-refractivity contribution in [3.63, 3.8) is 0 Å². The van der Waals surface area contributed by atoms with Crippen molar-refractivity contribution < 1.29 is 14.4 Å². The van der Waals surface area contributed by atoms with Crippen LogP contribution in [0, 0.1) is 16.7 Å². The molecule has 3 aromatic rings. The molecule has 5 heteroatoms. The molecule has 2 bridgehead atoms. The molecule has 2 fully saturated rings. The molecule has 2 aliphatic carbocycles. The molecule has 1 N–H and O–H groups in total. The first-order valence-corrected chi connectivity index (χ1v) is 10.2. The topological polar surface area (TPSA) is 68.2 Å². The van der Waals surface area contributed by atoms with E-state index in [9.17, 15) is 14.4 Å². The van der Waals surface area contributed by atoms with Gasteiger partial charge < -0.3 is 9.88 Å². The number of anilines is 1. The van der Waals surface area contributed by atoms with E-state index in [1.807, 2.05) is 44.2 Å². The number of ketones is 2. The number of fused-ring (bicyclic) bond motifs is 5. The van der Waals surface area contributed by atoms with Gasteiger partial charge in [-0.1, -0.05) is 32.0 Å². The molecular formula is C24H24N2O3. The number of Topliss-reactive ketones (excluding diaryl/α,β-unsaturated/α-hetero) is 2. The number of aromatic nitrogens is 1. The van der Waals surface area contributed by atoms with Crippen LogP contribution in [-0.2, 0) is 20.9 Å². The van der Waals surface area contributed by atoms with Crippen LogP contribution in [0.15, 0.2) is 42.5 Å². The number of nitrogens with zero attached hydrogens (tertiary/aromatic N) is 1. The van der Waals surface area contributed by atoms with Crippen LogP contribution in [0.25, 0.3) is 21.8 Å². The van der Waals surface area contributed by atoms with Crippen LogP contribution in [0.2, 0.25) is 0 Å². The van der Waals surface area contributed by atoms with Gasteiger partial charge >= 0.3 is 0 Å². The maximum atomic E-state index is 13.3. The monoisotopic (exact) mass is 388 g/mol. The Hall–Kier alpha value is -2.95. The maximum absolute atomic E-state index is 13.3. The van der Waals surface area contributed by atoms with Crippen molar-refractivity contribution in [3.05, 3.63) is 42.5 Å². The lowest BCUT2D eigenvalue weighted by Crippen LogP contribution is -2.47. The largest absolute Gasteiger partial charge is 0.341 e. The van der Waals surface area contributed by atoms with E-state index in [0.29, 0.717) is 18.5 Å². The van der Waals surface area contributed by atoms with Gasteiger partial charge in [0.2, 0.25) is 17.5 Å². The molecule has 1 amide bonds. The minimum Gasteiger partial charge on any atom is -0.341 e. The van der Waals surface area contributed by atoms with Crippen molar-refractivity contribution in [3.8, 4) is 0 Å². The van der Waals surface area contributed by atoms with Crippen molar-refractivity contribution in [1.82, 2.24) is 4.57 Å². The smallest absolute Gasteiger partial charge is 0.239 e. The summed E-state index contributed by atoms with van der Waals surface area (Å²) in [4.78, 5) is 38.5. The summed E-state index contributed by atoms with van der Waals surface area (Å²) in [5.41, 5.74) is 1.03. The Kier molecular flexibility index (Phi) is 3.61. The van der Waals surface area contributed by atoms with Gasteiger partial charge in [-0.3, -0.25) is 14.4 Å². The molecule has 2 saturated carbocycles. The summed E-state index contributed by atoms with van der Waals surface area (Å²) in [5, 5.41) is 5.17. The van der Waals surface area contributed by atoms with Gasteiger partial charge in [0.25, 0.3) is 0 Å². The molecular weight excluding hydrogens is 364 g/mol. The number of rotatable bonds is 3. The lowest BCUT2D eigenvalue weighted by molar-refractivity contribution is -0.147. The van der Waals surface area contributed by atoms with Crippen LogP contribution in [0.3, 0.4) is 0 Å². The minimum atomic E-state index is -1.25. The number of amides is 1. The fourth-order valence-electron chi connectivity index (χ4n) is 5.79. The summed E-state index contributed by atoms with van der Waals surface area (Å²) in [6, 6.07) is 14.1. The second-order valence-corrected chi connectivity index (χ2v) is 8.86. The third-order valence-corrected chi connectivity index (χ3v) is 7.44. The highest BCUT2D eigenvalue weighted by molar-refractivity contribution is 6.48. The van der Waals surface area contributed by atoms with Gasteiger partial charge in [0.05, 0.1) is 0 Å². The standard InChI is InChI=1S/C24H24N2O3/c1-4-26-18-8-6-5-7-15(18)16-13-14(9-10-19(16)26)25-22(29)24-12-11-17(23(24,2)3)20(27)21(24)28/h5-10,13,17H,4,11-12H2,1-3H3,(H,25,29). The average molecular weight is 388 g/mol. The number of hydrogen-bond donors (Lipinski definition) is 1. The SMILES string of the molecule is CCn1c2ccccc2c2cc(NC(=O)C34CCC(C(=O)C3=O)C4(C)C)ccc21. The Bertz CT molecular complexity index is 1220. The molecule has 5 rings (SSSR count). The van der Waals surface area contributed by atoms with Crippen molar-refractivity contribution in [2.75, 3.05) is 5.32 Å². The average Bonchev–Trinajstić information content (AvgIpc) is 3.22. The van der Waals surface area contributed by atoms with Crippen LogP contribution in [0.4, 0.5) is 5.69 Å². The highest BCUT2D eigenvalue weighted by Crippen LogP contribution is 2.62. The molecule has 5 nitrogen and oxygen atoms in total. The maximum Gasteiger partial charge on any atom is 0.239 e. The summed E-state index contributed by atoms with van der Waals surface area (Å²) in [6.45, 7) is 6.73. The summed E-state index contributed by atoms with van der Waals surface area (Å²) in [7, 11) is 0. The molecule has 0 saturated heterocycles. The molecule has 1 aromatic heterocycles. The third kappa shape index (κ3) is 2.08. The first-order valence-electron chi connectivity index (χ1n) is 10.2. The quantitative estimate of drug-likeness (QED) is 0.536. The zero-order valence-electron chi connectivity index (χ0n) is 16.9. The predicted molar refractivity (Wildman–Crippen MR) is 113 cm³/mol. The van der Waals surface area contributed by atoms with Gasteiger partial charge in [0.15, 0.2) is 0 Å².